The van der Waals surface area contributed by atoms with Crippen molar-refractivity contribution in [3.63, 3.8) is 0 Å². The molecule has 26 heavy (non-hydrogen) atoms. The van der Waals surface area contributed by atoms with Crippen LogP contribution in [0.1, 0.15) is 62.3 Å². The van der Waals surface area contributed by atoms with E-state index in [-0.39, 0.29) is 5.92 Å². The first-order valence-corrected chi connectivity index (χ1v) is 13.1. The molecule has 0 spiro atoms. The fraction of sp³-hybridized carbons (Fsp3) is 0.609. The number of benzene rings is 1. The molecule has 3 heteroatoms. The Morgan fingerprint density at radius 2 is 1.42 bits per heavy atom. The van der Waals surface area contributed by atoms with Gasteiger partial charge in [-0.25, -0.2) is 0 Å². The van der Waals surface area contributed by atoms with Gasteiger partial charge in [0.05, 0.1) is 12.8 Å². The van der Waals surface area contributed by atoms with E-state index in [4.69, 9.17) is 0 Å². The maximum atomic E-state index is 14.0. The predicted molar refractivity (Wildman–Crippen MR) is 119 cm³/mol. The molecule has 1 aromatic rings. The van der Waals surface area contributed by atoms with Gasteiger partial charge in [0.1, 0.15) is 0 Å². The average Bonchev–Trinajstić information content (AvgIpc) is 2.71. The van der Waals surface area contributed by atoms with Gasteiger partial charge in [0.15, 0.2) is 5.78 Å². The molecule has 0 N–H and O–H groups in total. The molecule has 1 aromatic carbocycles. The molecular weight excluding hydrogens is 352 g/mol. The van der Waals surface area contributed by atoms with Crippen molar-refractivity contribution in [2.45, 2.75) is 88.6 Å². The molecule has 0 aliphatic heterocycles. The van der Waals surface area contributed by atoms with E-state index >= 15 is 0 Å². The smallest absolute Gasteiger partial charge is 0.171 e. The van der Waals surface area contributed by atoms with Gasteiger partial charge in [-0.05, 0) is 53.7 Å². The summed E-state index contributed by atoms with van der Waals surface area (Å²) in [5.74, 6) is 0.692. The van der Waals surface area contributed by atoms with Crippen molar-refractivity contribution in [2.24, 2.45) is 5.92 Å². The van der Waals surface area contributed by atoms with Gasteiger partial charge >= 0.3 is 0 Å². The number of hydrogen-bond acceptors (Lipinski definition) is 2. The maximum absolute atomic E-state index is 14.0. The maximum Gasteiger partial charge on any atom is 0.171 e. The van der Waals surface area contributed by atoms with Crippen LogP contribution in [0, 0.1) is 5.92 Å². The van der Waals surface area contributed by atoms with E-state index in [1.54, 1.807) is 11.8 Å². The molecule has 0 unspecified atom stereocenters. The van der Waals surface area contributed by atoms with Crippen molar-refractivity contribution in [3.05, 3.63) is 41.1 Å². The fourth-order valence-corrected chi connectivity index (χ4v) is 14.2. The highest BCUT2D eigenvalue weighted by Gasteiger charge is 2.58. The van der Waals surface area contributed by atoms with Crippen LogP contribution in [-0.4, -0.2) is 18.6 Å². The Bertz CT molecular complexity index is 668. The summed E-state index contributed by atoms with van der Waals surface area (Å²) in [6, 6.07) is 10.4. The predicted octanol–water partition coefficient (Wildman–Crippen LogP) is 7.29. The summed E-state index contributed by atoms with van der Waals surface area (Å²) < 4.78 is -0.391. The van der Waals surface area contributed by atoms with E-state index in [9.17, 15) is 4.79 Å². The first kappa shape index (κ1) is 21.5. The summed E-state index contributed by atoms with van der Waals surface area (Å²) in [6.07, 6.45) is 0. The van der Waals surface area contributed by atoms with Gasteiger partial charge in [0, 0.05) is 4.90 Å². The number of carbonyl (C=O) groups is 1. The van der Waals surface area contributed by atoms with Crippen molar-refractivity contribution in [1.82, 2.24) is 0 Å². The highest BCUT2D eigenvalue weighted by molar-refractivity contribution is 8.01. The lowest BCUT2D eigenvalue weighted by Crippen LogP contribution is -2.50. The summed E-state index contributed by atoms with van der Waals surface area (Å²) in [7, 11) is -1.95. The van der Waals surface area contributed by atoms with E-state index < -0.39 is 12.8 Å². The van der Waals surface area contributed by atoms with Gasteiger partial charge < -0.3 is 0 Å². The number of Topliss-reactive ketones (excluding diaryl/α,β-unsaturated/α-hetero) is 1. The van der Waals surface area contributed by atoms with Crippen molar-refractivity contribution < 1.29 is 4.79 Å². The molecule has 144 valence electrons. The van der Waals surface area contributed by atoms with Crippen LogP contribution in [-0.2, 0) is 4.79 Å². The van der Waals surface area contributed by atoms with Gasteiger partial charge in [0.25, 0.3) is 0 Å². The first-order chi connectivity index (χ1) is 12.0. The molecule has 0 saturated carbocycles. The van der Waals surface area contributed by atoms with Crippen molar-refractivity contribution in [3.8, 4) is 0 Å². The fourth-order valence-electron chi connectivity index (χ4n) is 5.53. The summed E-state index contributed by atoms with van der Waals surface area (Å²) in [6.45, 7) is 20.8. The molecule has 0 fully saturated rings. The van der Waals surface area contributed by atoms with E-state index in [0.717, 1.165) is 0 Å². The molecule has 1 nitrogen and oxygen atoms in total. The highest BCUT2D eigenvalue weighted by atomic mass is 32.2. The minimum atomic E-state index is -1.95. The normalized spacial score (nSPS) is 24.5. The molecule has 1 aliphatic rings. The Labute approximate surface area is 166 Å². The summed E-state index contributed by atoms with van der Waals surface area (Å²) in [5.41, 5.74) is 3.05. The lowest BCUT2D eigenvalue weighted by molar-refractivity contribution is -0.116. The third-order valence-corrected chi connectivity index (χ3v) is 15.6. The molecule has 2 atom stereocenters. The lowest BCUT2D eigenvalue weighted by Gasteiger charge is -2.45. The Morgan fingerprint density at radius 1 is 0.962 bits per heavy atom. The number of thioether (sulfide) groups is 1. The Balaban J connectivity index is 2.58. The summed E-state index contributed by atoms with van der Waals surface area (Å²) in [5, 5.41) is 1.26. The molecule has 0 bridgehead atoms. The third kappa shape index (κ3) is 3.15. The minimum Gasteiger partial charge on any atom is -0.293 e. The molecule has 0 heterocycles. The molecular formula is C23H36OSSi. The second-order valence-electron chi connectivity index (χ2n) is 9.03. The Kier molecular flexibility index (Phi) is 6.34. The SMILES string of the molecule is CC1=C([Si](C(C)C)(C(C)C)C(C)C)C(=O)[C@@](C)(Sc2ccccc2)[C@@H]1C. The van der Waals surface area contributed by atoms with E-state index in [1.807, 2.05) is 6.07 Å². The van der Waals surface area contributed by atoms with Gasteiger partial charge in [-0.15, -0.1) is 11.8 Å². The van der Waals surface area contributed by atoms with Gasteiger partial charge in [-0.1, -0.05) is 72.2 Å². The average molecular weight is 389 g/mol. The topological polar surface area (TPSA) is 17.1 Å². The van der Waals surface area contributed by atoms with Crippen molar-refractivity contribution >= 4 is 25.6 Å². The highest BCUT2D eigenvalue weighted by Crippen LogP contribution is 2.56. The van der Waals surface area contributed by atoms with Gasteiger partial charge in [0.2, 0.25) is 0 Å². The quantitative estimate of drug-likeness (QED) is 0.476. The zero-order chi connectivity index (χ0) is 19.9. The monoisotopic (exact) mass is 388 g/mol. The molecule has 0 aromatic heterocycles. The van der Waals surface area contributed by atoms with Crippen LogP contribution in [0.2, 0.25) is 16.6 Å². The van der Waals surface area contributed by atoms with Crippen LogP contribution in [0.3, 0.4) is 0 Å². The van der Waals surface area contributed by atoms with Crippen LogP contribution in [0.15, 0.2) is 46.0 Å². The van der Waals surface area contributed by atoms with Gasteiger partial charge in [-0.3, -0.25) is 4.79 Å². The number of carbonyl (C=O) groups excluding carboxylic acids is 1. The lowest BCUT2D eigenvalue weighted by atomic mass is 9.94. The van der Waals surface area contributed by atoms with Crippen molar-refractivity contribution in [2.75, 3.05) is 0 Å². The van der Waals surface area contributed by atoms with E-state index in [1.165, 1.54) is 15.7 Å². The summed E-state index contributed by atoms with van der Waals surface area (Å²) in [4.78, 5) is 15.2. The zero-order valence-electron chi connectivity index (χ0n) is 18.0. The number of rotatable bonds is 6. The van der Waals surface area contributed by atoms with E-state index in [2.05, 4.69) is 86.6 Å². The third-order valence-electron chi connectivity index (χ3n) is 6.92. The Hall–Kier alpha value is -0.803. The first-order valence-electron chi connectivity index (χ1n) is 10.0. The van der Waals surface area contributed by atoms with Crippen LogP contribution in [0.25, 0.3) is 0 Å². The molecule has 0 amide bonds. The molecule has 0 radical (unpaired) electrons. The minimum absolute atomic E-state index is 0.276. The van der Waals surface area contributed by atoms with Gasteiger partial charge in [-0.2, -0.15) is 0 Å². The number of ketones is 1. The molecule has 0 saturated heterocycles. The summed E-state index contributed by atoms with van der Waals surface area (Å²) >= 11 is 1.76. The van der Waals surface area contributed by atoms with E-state index in [0.29, 0.717) is 22.4 Å². The van der Waals surface area contributed by atoms with Crippen LogP contribution >= 0.6 is 11.8 Å². The Morgan fingerprint density at radius 3 is 1.85 bits per heavy atom. The van der Waals surface area contributed by atoms with Crippen LogP contribution in [0.5, 0.6) is 0 Å². The molecule has 1 aliphatic carbocycles. The van der Waals surface area contributed by atoms with Crippen LogP contribution < -0.4 is 0 Å². The number of allylic oxidation sites excluding steroid dienone is 2. The number of hydrogen-bond donors (Lipinski definition) is 0. The standard InChI is InChI=1S/C23H36OSSi/c1-15(2)26(16(3)4,17(5)6)21-18(7)19(8)23(9,22(21)24)25-20-13-11-10-12-14-20/h10-17,19H,1-9H3/t19-,23+/m1/s1. The van der Waals surface area contributed by atoms with Crippen molar-refractivity contribution in [1.29, 1.82) is 0 Å². The molecule has 2 rings (SSSR count). The van der Waals surface area contributed by atoms with Crippen LogP contribution in [0.4, 0.5) is 0 Å². The zero-order valence-corrected chi connectivity index (χ0v) is 19.8. The second kappa shape index (κ2) is 7.67. The largest absolute Gasteiger partial charge is 0.293 e. The second-order valence-corrected chi connectivity index (χ2v) is 16.4.